The van der Waals surface area contributed by atoms with E-state index >= 15 is 0 Å². The van der Waals surface area contributed by atoms with Crippen molar-refractivity contribution in [1.29, 1.82) is 0 Å². The quantitative estimate of drug-likeness (QED) is 0.299. The topological polar surface area (TPSA) is 29.0 Å². The Labute approximate surface area is 172 Å². The Morgan fingerprint density at radius 3 is 1.96 bits per heavy atom. The molecule has 0 fully saturated rings. The Morgan fingerprint density at radius 1 is 0.929 bits per heavy atom. The summed E-state index contributed by atoms with van der Waals surface area (Å²) in [5, 5.41) is 9.11. The van der Waals surface area contributed by atoms with Gasteiger partial charge in [-0.25, -0.2) is 0 Å². The van der Waals surface area contributed by atoms with E-state index < -0.39 is 0 Å². The van der Waals surface area contributed by atoms with Crippen LogP contribution in [0.2, 0.25) is 0 Å². The predicted molar refractivity (Wildman–Crippen MR) is 128 cm³/mol. The second-order valence-electron chi connectivity index (χ2n) is 6.33. The Kier molecular flexibility index (Phi) is 6.12. The molecule has 1 heterocycles. The van der Waals surface area contributed by atoms with Crippen LogP contribution >= 0.6 is 12.8 Å². The van der Waals surface area contributed by atoms with Crippen LogP contribution in [0.4, 0.5) is 11.4 Å². The highest BCUT2D eigenvalue weighted by Gasteiger charge is 2.11. The molecule has 0 radical (unpaired) electrons. The van der Waals surface area contributed by atoms with Crippen molar-refractivity contribution in [2.75, 3.05) is 10.6 Å². The van der Waals surface area contributed by atoms with Crippen LogP contribution < -0.4 is 10.6 Å². The molecule has 28 heavy (non-hydrogen) atoms. The fourth-order valence-electron chi connectivity index (χ4n) is 3.17. The molecule has 0 aliphatic rings. The van der Waals surface area contributed by atoms with Crippen molar-refractivity contribution in [3.8, 4) is 0 Å². The number of hydrogen-bond donors (Lipinski definition) is 3. The van der Waals surface area contributed by atoms with E-state index in [0.717, 1.165) is 44.6 Å². The average Bonchev–Trinajstić information content (AvgIpc) is 2.98. The zero-order valence-electron chi connectivity index (χ0n) is 16.2. The number of fused-ring (bicyclic) bond motifs is 3. The molecule has 1 aromatic heterocycles. The van der Waals surface area contributed by atoms with Crippen LogP contribution in [-0.2, 0) is 0 Å². The molecule has 0 unspecified atom stereocenters. The number of thiol groups is 1. The molecule has 4 heteroatoms. The summed E-state index contributed by atoms with van der Waals surface area (Å²) in [5.74, 6) is 0. The first-order valence-electron chi connectivity index (χ1n) is 9.17. The summed E-state index contributed by atoms with van der Waals surface area (Å²) in [6.07, 6.45) is 11.5. The van der Waals surface area contributed by atoms with E-state index in [1.807, 2.05) is 36.0 Å². The van der Waals surface area contributed by atoms with Crippen LogP contribution in [0, 0.1) is 0 Å². The van der Waals surface area contributed by atoms with Gasteiger partial charge >= 0.3 is 0 Å². The maximum absolute atomic E-state index is 4.69. The molecule has 2 N–H and O–H groups in total. The summed E-state index contributed by atoms with van der Waals surface area (Å²) in [5.41, 5.74) is 6.12. The second-order valence-corrected chi connectivity index (χ2v) is 6.73. The monoisotopic (exact) mass is 387 g/mol. The van der Waals surface area contributed by atoms with Gasteiger partial charge < -0.3 is 10.6 Å². The van der Waals surface area contributed by atoms with Gasteiger partial charge in [-0.15, -0.1) is 0 Å². The lowest BCUT2D eigenvalue weighted by Crippen LogP contribution is -1.96. The van der Waals surface area contributed by atoms with Gasteiger partial charge in [0.1, 0.15) is 0 Å². The largest absolute Gasteiger partial charge is 0.356 e. The number of nitrogens with one attached hydrogen (secondary N) is 2. The van der Waals surface area contributed by atoms with Gasteiger partial charge in [-0.05, 0) is 68.5 Å². The van der Waals surface area contributed by atoms with Crippen LogP contribution in [0.5, 0.6) is 0 Å². The van der Waals surface area contributed by atoms with Gasteiger partial charge in [-0.2, -0.15) is 0 Å². The molecular weight excluding hydrogens is 362 g/mol. The van der Waals surface area contributed by atoms with E-state index in [1.165, 1.54) is 0 Å². The molecule has 3 nitrogen and oxygen atoms in total. The fourth-order valence-corrected chi connectivity index (χ4v) is 3.52. The molecular formula is C24H25N3S. The molecule has 0 aliphatic carbocycles. The molecule has 3 rings (SSSR count). The third-order valence-electron chi connectivity index (χ3n) is 4.49. The predicted octanol–water partition coefficient (Wildman–Crippen LogP) is 7.05. The smallest absolute Gasteiger partial charge is 0.0603 e. The van der Waals surface area contributed by atoms with E-state index in [9.17, 15) is 0 Å². The van der Waals surface area contributed by atoms with Crippen molar-refractivity contribution >= 4 is 46.0 Å². The molecule has 0 spiro atoms. The lowest BCUT2D eigenvalue weighted by Gasteiger charge is -2.08. The Hall–Kier alpha value is -3.11. The van der Waals surface area contributed by atoms with Crippen molar-refractivity contribution in [3.05, 3.63) is 97.4 Å². The van der Waals surface area contributed by atoms with Crippen LogP contribution in [0.1, 0.15) is 13.8 Å². The molecule has 0 saturated carbocycles. The lowest BCUT2D eigenvalue weighted by molar-refractivity contribution is 1.42. The number of nitrogens with zero attached hydrogens (tertiary/aromatic N) is 1. The van der Waals surface area contributed by atoms with Crippen molar-refractivity contribution in [2.24, 2.45) is 0 Å². The van der Waals surface area contributed by atoms with Crippen LogP contribution in [-0.4, -0.2) is 3.97 Å². The number of aromatic nitrogens is 1. The summed E-state index contributed by atoms with van der Waals surface area (Å²) in [6, 6.07) is 12.6. The van der Waals surface area contributed by atoms with Gasteiger partial charge in [0.15, 0.2) is 0 Å². The zero-order valence-corrected chi connectivity index (χ0v) is 17.1. The van der Waals surface area contributed by atoms with Gasteiger partial charge in [-0.1, -0.05) is 44.2 Å². The Balaban J connectivity index is 2.09. The molecule has 0 amide bonds. The number of anilines is 2. The van der Waals surface area contributed by atoms with Crippen LogP contribution in [0.3, 0.4) is 0 Å². The van der Waals surface area contributed by atoms with E-state index in [1.54, 1.807) is 12.2 Å². The molecule has 2 aromatic carbocycles. The summed E-state index contributed by atoms with van der Waals surface area (Å²) in [7, 11) is 0. The summed E-state index contributed by atoms with van der Waals surface area (Å²) < 4.78 is 1.93. The standard InChI is InChI=1S/C24H25N3S/c1-5-9-17(7-3)25-19-11-13-23-21(15-19)22-16-20(12-14-24(22)27(23)28)26-18(8-4)10-6-2/h5-16,25-26,28H,1,3H2,2,4H3/b10-6-,17-9+,18-8+. The molecule has 0 atom stereocenters. The highest BCUT2D eigenvalue weighted by atomic mass is 32.1. The van der Waals surface area contributed by atoms with Crippen molar-refractivity contribution in [3.63, 3.8) is 0 Å². The Morgan fingerprint density at radius 2 is 1.50 bits per heavy atom. The van der Waals surface area contributed by atoms with E-state index in [-0.39, 0.29) is 0 Å². The first-order chi connectivity index (χ1) is 13.6. The zero-order chi connectivity index (χ0) is 20.1. The van der Waals surface area contributed by atoms with Gasteiger partial charge in [-0.3, -0.25) is 3.97 Å². The van der Waals surface area contributed by atoms with Gasteiger partial charge in [0.2, 0.25) is 0 Å². The fraction of sp³-hybridized carbons (Fsp3) is 0.0833. The summed E-state index contributed by atoms with van der Waals surface area (Å²) in [4.78, 5) is 0. The van der Waals surface area contributed by atoms with Crippen LogP contribution in [0.15, 0.2) is 97.4 Å². The minimum Gasteiger partial charge on any atom is -0.356 e. The third-order valence-corrected chi connectivity index (χ3v) is 4.92. The molecule has 3 aromatic rings. The Bertz CT molecular complexity index is 1130. The van der Waals surface area contributed by atoms with Gasteiger partial charge in [0.25, 0.3) is 0 Å². The van der Waals surface area contributed by atoms with Crippen molar-refractivity contribution in [1.82, 2.24) is 3.97 Å². The summed E-state index contributed by atoms with van der Waals surface area (Å²) in [6.45, 7) is 11.6. The highest BCUT2D eigenvalue weighted by molar-refractivity contribution is 7.79. The van der Waals surface area contributed by atoms with Crippen molar-refractivity contribution < 1.29 is 0 Å². The van der Waals surface area contributed by atoms with Gasteiger partial charge in [0.05, 0.1) is 11.0 Å². The highest BCUT2D eigenvalue weighted by Crippen LogP contribution is 2.34. The minimum absolute atomic E-state index is 0.899. The number of hydrogen-bond acceptors (Lipinski definition) is 3. The van der Waals surface area contributed by atoms with E-state index in [4.69, 9.17) is 12.8 Å². The summed E-state index contributed by atoms with van der Waals surface area (Å²) >= 11 is 4.69. The molecule has 142 valence electrons. The molecule has 0 bridgehead atoms. The van der Waals surface area contributed by atoms with E-state index in [0.29, 0.717) is 0 Å². The van der Waals surface area contributed by atoms with E-state index in [2.05, 4.69) is 66.3 Å². The number of benzene rings is 2. The maximum Gasteiger partial charge on any atom is 0.0603 e. The first-order valence-corrected chi connectivity index (χ1v) is 9.57. The van der Waals surface area contributed by atoms with Gasteiger partial charge in [0, 0.05) is 33.5 Å². The normalized spacial score (nSPS) is 12.7. The maximum atomic E-state index is 4.69. The average molecular weight is 388 g/mol. The number of allylic oxidation sites excluding steroid dienone is 6. The molecule has 0 saturated heterocycles. The minimum atomic E-state index is 0.899. The number of rotatable bonds is 7. The SMILES string of the molecule is C=C/C=C(\C=C)Nc1ccc2c(c1)c1cc(NC(/C=C\C)=C/C)ccc1n2S. The lowest BCUT2D eigenvalue weighted by atomic mass is 10.1. The van der Waals surface area contributed by atoms with Crippen LogP contribution in [0.25, 0.3) is 21.8 Å². The third kappa shape index (κ3) is 3.92. The first kappa shape index (κ1) is 19.6. The second kappa shape index (κ2) is 8.72. The molecule has 0 aliphatic heterocycles. The van der Waals surface area contributed by atoms with Crippen molar-refractivity contribution in [2.45, 2.75) is 13.8 Å².